The molecule has 0 aliphatic rings. The van der Waals surface area contributed by atoms with E-state index in [0.717, 1.165) is 15.3 Å². The van der Waals surface area contributed by atoms with E-state index < -0.39 is 0 Å². The van der Waals surface area contributed by atoms with Gasteiger partial charge in [-0.15, -0.1) is 0 Å². The summed E-state index contributed by atoms with van der Waals surface area (Å²) in [7, 11) is 0. The van der Waals surface area contributed by atoms with E-state index in [1.807, 2.05) is 0 Å². The van der Waals surface area contributed by atoms with E-state index in [9.17, 15) is 4.79 Å². The highest BCUT2D eigenvalue weighted by atomic mass is 127. The van der Waals surface area contributed by atoms with Crippen molar-refractivity contribution < 1.29 is 0 Å². The van der Waals surface area contributed by atoms with Crippen molar-refractivity contribution in [2.45, 2.75) is 10.3 Å². The van der Waals surface area contributed by atoms with Gasteiger partial charge in [-0.1, -0.05) is 0 Å². The number of nitrogens with zero attached hydrogens (tertiary/aromatic N) is 3. The van der Waals surface area contributed by atoms with Crippen LogP contribution in [0.3, 0.4) is 0 Å². The third kappa shape index (κ3) is 2.92. The quantitative estimate of drug-likeness (QED) is 0.619. The Morgan fingerprint density at radius 2 is 2.06 bits per heavy atom. The summed E-state index contributed by atoms with van der Waals surface area (Å²) < 4.78 is 0.941. The summed E-state index contributed by atoms with van der Waals surface area (Å²) in [6.45, 7) is 0. The van der Waals surface area contributed by atoms with Crippen LogP contribution in [0.2, 0.25) is 0 Å². The zero-order chi connectivity index (χ0) is 11.5. The van der Waals surface area contributed by atoms with Crippen molar-refractivity contribution in [2.24, 2.45) is 0 Å². The van der Waals surface area contributed by atoms with Gasteiger partial charge in [0.1, 0.15) is 5.82 Å². The zero-order valence-corrected chi connectivity index (χ0v) is 10.8. The maximum Gasteiger partial charge on any atom is 0.253 e. The highest BCUT2D eigenvalue weighted by molar-refractivity contribution is 14.1. The molecule has 6 nitrogen and oxygen atoms in total. The fourth-order valence-corrected chi connectivity index (χ4v) is 1.91. The Hall–Kier alpha value is -1.16. The lowest BCUT2D eigenvalue weighted by atomic mass is 10.6. The molecule has 2 heterocycles. The molecule has 0 aliphatic carbocycles. The molecule has 0 aromatic carbocycles. The van der Waals surface area contributed by atoms with Crippen LogP contribution in [0.25, 0.3) is 0 Å². The molecule has 0 saturated heterocycles. The number of aromatic nitrogens is 4. The Labute approximate surface area is 108 Å². The van der Waals surface area contributed by atoms with Crippen LogP contribution in [-0.2, 0) is 0 Å². The number of rotatable bonds is 2. The zero-order valence-electron chi connectivity index (χ0n) is 7.85. The lowest BCUT2D eigenvalue weighted by Crippen LogP contribution is -2.09. The van der Waals surface area contributed by atoms with E-state index in [-0.39, 0.29) is 11.4 Å². The van der Waals surface area contributed by atoms with E-state index in [0.29, 0.717) is 10.3 Å². The number of nitrogens with one attached hydrogen (secondary N) is 1. The van der Waals surface area contributed by atoms with Crippen LogP contribution >= 0.6 is 34.4 Å². The number of H-pyrrole nitrogens is 1. The first-order chi connectivity index (χ1) is 7.63. The van der Waals surface area contributed by atoms with Gasteiger partial charge in [0.25, 0.3) is 5.56 Å². The van der Waals surface area contributed by atoms with Crippen LogP contribution in [0.1, 0.15) is 0 Å². The summed E-state index contributed by atoms with van der Waals surface area (Å²) in [5.74, 6) is 0.178. The van der Waals surface area contributed by atoms with Gasteiger partial charge in [0, 0.05) is 22.0 Å². The third-order valence-corrected chi connectivity index (χ3v) is 2.86. The topological polar surface area (TPSA) is 97.6 Å². The molecular formula is C8H6IN5OS. The highest BCUT2D eigenvalue weighted by Gasteiger charge is 2.03. The molecule has 0 fully saturated rings. The van der Waals surface area contributed by atoms with Gasteiger partial charge in [0.15, 0.2) is 10.3 Å². The summed E-state index contributed by atoms with van der Waals surface area (Å²) in [5, 5.41) is 0.889. The van der Waals surface area contributed by atoms with E-state index >= 15 is 0 Å². The maximum atomic E-state index is 11.1. The molecule has 0 radical (unpaired) electrons. The van der Waals surface area contributed by atoms with Crippen LogP contribution in [-0.4, -0.2) is 19.9 Å². The first-order valence-electron chi connectivity index (χ1n) is 4.16. The van der Waals surface area contributed by atoms with Crippen molar-refractivity contribution in [3.8, 4) is 0 Å². The Morgan fingerprint density at radius 3 is 2.69 bits per heavy atom. The molecule has 0 atom stereocenters. The molecule has 3 N–H and O–H groups in total. The second-order valence-corrected chi connectivity index (χ2v) is 4.96. The lowest BCUT2D eigenvalue weighted by molar-refractivity contribution is 0.912. The minimum atomic E-state index is -0.291. The van der Waals surface area contributed by atoms with Crippen LogP contribution < -0.4 is 11.3 Å². The second-order valence-electron chi connectivity index (χ2n) is 2.76. The Bertz CT molecular complexity index is 555. The SMILES string of the molecule is Nc1cc(=O)[nH]c(Sc2ncc(I)cn2)n1. The van der Waals surface area contributed by atoms with Crippen molar-refractivity contribution in [3.63, 3.8) is 0 Å². The van der Waals surface area contributed by atoms with Crippen molar-refractivity contribution in [3.05, 3.63) is 32.4 Å². The normalized spacial score (nSPS) is 10.3. The van der Waals surface area contributed by atoms with Crippen LogP contribution in [0.15, 0.2) is 33.6 Å². The Balaban J connectivity index is 2.26. The van der Waals surface area contributed by atoms with Gasteiger partial charge in [-0.05, 0) is 34.4 Å². The van der Waals surface area contributed by atoms with Gasteiger partial charge in [-0.3, -0.25) is 4.79 Å². The van der Waals surface area contributed by atoms with Crippen LogP contribution in [0.5, 0.6) is 0 Å². The molecule has 0 bridgehead atoms. The van der Waals surface area contributed by atoms with Gasteiger partial charge >= 0.3 is 0 Å². The van der Waals surface area contributed by atoms with Gasteiger partial charge in [-0.25, -0.2) is 15.0 Å². The predicted octanol–water partition coefficient (Wildman–Crippen LogP) is 0.898. The van der Waals surface area contributed by atoms with Crippen molar-refractivity contribution in [1.29, 1.82) is 0 Å². The minimum absolute atomic E-state index is 0.178. The van der Waals surface area contributed by atoms with Crippen molar-refractivity contribution >= 4 is 40.2 Å². The van der Waals surface area contributed by atoms with Gasteiger partial charge in [0.2, 0.25) is 0 Å². The fourth-order valence-electron chi connectivity index (χ4n) is 0.941. The van der Waals surface area contributed by atoms with E-state index in [1.165, 1.54) is 6.07 Å². The second kappa shape index (κ2) is 4.78. The molecule has 2 aromatic rings. The smallest absolute Gasteiger partial charge is 0.253 e. The Morgan fingerprint density at radius 1 is 1.38 bits per heavy atom. The van der Waals surface area contributed by atoms with Gasteiger partial charge in [-0.2, -0.15) is 0 Å². The van der Waals surface area contributed by atoms with Crippen molar-refractivity contribution in [1.82, 2.24) is 19.9 Å². The molecule has 0 amide bonds. The van der Waals surface area contributed by atoms with Crippen molar-refractivity contribution in [2.75, 3.05) is 5.73 Å². The molecule has 82 valence electrons. The third-order valence-electron chi connectivity index (χ3n) is 1.52. The monoisotopic (exact) mass is 347 g/mol. The summed E-state index contributed by atoms with van der Waals surface area (Å²) in [6.07, 6.45) is 3.36. The van der Waals surface area contributed by atoms with E-state index in [1.54, 1.807) is 12.4 Å². The van der Waals surface area contributed by atoms with Crippen LogP contribution in [0.4, 0.5) is 5.82 Å². The molecule has 0 saturated carbocycles. The molecular weight excluding hydrogens is 341 g/mol. The summed E-state index contributed by atoms with van der Waals surface area (Å²) in [6, 6.07) is 1.22. The van der Waals surface area contributed by atoms with Gasteiger partial charge in [0.05, 0.1) is 0 Å². The maximum absolute atomic E-state index is 11.1. The summed E-state index contributed by atoms with van der Waals surface area (Å²) in [4.78, 5) is 25.8. The molecule has 2 rings (SSSR count). The Kier molecular flexibility index (Phi) is 3.39. The predicted molar refractivity (Wildman–Crippen MR) is 68.1 cm³/mol. The van der Waals surface area contributed by atoms with E-state index in [2.05, 4.69) is 42.5 Å². The van der Waals surface area contributed by atoms with Gasteiger partial charge < -0.3 is 10.7 Å². The number of anilines is 1. The summed E-state index contributed by atoms with van der Waals surface area (Å²) >= 11 is 3.26. The fraction of sp³-hybridized carbons (Fsp3) is 0. The number of nitrogens with two attached hydrogens (primary N) is 1. The number of hydrogen-bond acceptors (Lipinski definition) is 6. The number of hydrogen-bond donors (Lipinski definition) is 2. The number of halogens is 1. The molecule has 2 aromatic heterocycles. The average Bonchev–Trinajstić information content (AvgIpc) is 2.20. The van der Waals surface area contributed by atoms with Crippen LogP contribution in [0, 0.1) is 3.57 Å². The number of aromatic amines is 1. The molecule has 16 heavy (non-hydrogen) atoms. The van der Waals surface area contributed by atoms with E-state index in [4.69, 9.17) is 5.73 Å². The minimum Gasteiger partial charge on any atom is -0.383 e. The molecule has 0 aliphatic heterocycles. The lowest BCUT2D eigenvalue weighted by Gasteiger charge is -1.99. The highest BCUT2D eigenvalue weighted by Crippen LogP contribution is 2.19. The molecule has 8 heteroatoms. The largest absolute Gasteiger partial charge is 0.383 e. The standard InChI is InChI=1S/C8H6IN5OS/c9-4-2-11-7(12-3-4)16-8-13-5(10)1-6(15)14-8/h1-3H,(H3,10,13,14,15). The first-order valence-corrected chi connectivity index (χ1v) is 6.05. The average molecular weight is 347 g/mol. The molecule has 0 spiro atoms. The summed E-state index contributed by atoms with van der Waals surface area (Å²) in [5.41, 5.74) is 5.16. The molecule has 0 unspecified atom stereocenters. The number of nitrogen functional groups attached to an aromatic ring is 1. The first kappa shape index (κ1) is 11.3.